The molecule has 0 saturated heterocycles. The van der Waals surface area contributed by atoms with E-state index in [-0.39, 0.29) is 40.2 Å². The van der Waals surface area contributed by atoms with Crippen LogP contribution in [0.15, 0.2) is 126 Å². The van der Waals surface area contributed by atoms with E-state index in [0.29, 0.717) is 22.4 Å². The Hall–Kier alpha value is -5.27. The van der Waals surface area contributed by atoms with Crippen molar-refractivity contribution < 1.29 is 19.2 Å². The van der Waals surface area contributed by atoms with Gasteiger partial charge < -0.3 is 10.6 Å². The molecule has 0 heterocycles. The number of thioether (sulfide) groups is 1. The third kappa shape index (κ3) is 5.63. The van der Waals surface area contributed by atoms with Crippen LogP contribution in [0.25, 0.3) is 0 Å². The SMILES string of the molecule is Cc1ccccc1C(=O)Nc1cccc(SC(C(=O)Nc2cccc3c2C(=O)c2ccccc2C3=O)c2ccccc2)c1. The zero-order valence-electron chi connectivity index (χ0n) is 23.2. The van der Waals surface area contributed by atoms with Crippen LogP contribution in [0.1, 0.15) is 58.6 Å². The molecule has 0 fully saturated rings. The minimum absolute atomic E-state index is 0.192. The van der Waals surface area contributed by atoms with Gasteiger partial charge in [-0.15, -0.1) is 11.8 Å². The topological polar surface area (TPSA) is 92.3 Å². The van der Waals surface area contributed by atoms with E-state index in [1.165, 1.54) is 11.8 Å². The van der Waals surface area contributed by atoms with Crippen molar-refractivity contribution in [1.29, 1.82) is 0 Å². The van der Waals surface area contributed by atoms with Gasteiger partial charge in [-0.3, -0.25) is 19.2 Å². The van der Waals surface area contributed by atoms with Gasteiger partial charge in [0.05, 0.1) is 11.3 Å². The number of hydrogen-bond donors (Lipinski definition) is 2. The number of anilines is 2. The summed E-state index contributed by atoms with van der Waals surface area (Å²) in [5.74, 6) is -1.12. The second-order valence-electron chi connectivity index (χ2n) is 10.1. The van der Waals surface area contributed by atoms with Crippen LogP contribution >= 0.6 is 11.8 Å². The lowest BCUT2D eigenvalue weighted by Gasteiger charge is -2.22. The first-order valence-corrected chi connectivity index (χ1v) is 14.6. The van der Waals surface area contributed by atoms with Crippen molar-refractivity contribution in [3.05, 3.63) is 160 Å². The lowest BCUT2D eigenvalue weighted by molar-refractivity contribution is -0.115. The Labute approximate surface area is 253 Å². The van der Waals surface area contributed by atoms with Crippen molar-refractivity contribution in [2.75, 3.05) is 10.6 Å². The van der Waals surface area contributed by atoms with Gasteiger partial charge in [-0.2, -0.15) is 0 Å². The van der Waals surface area contributed by atoms with Crippen molar-refractivity contribution in [3.63, 3.8) is 0 Å². The summed E-state index contributed by atoms with van der Waals surface area (Å²) in [6.07, 6.45) is 0. The minimum atomic E-state index is -0.693. The van der Waals surface area contributed by atoms with E-state index in [2.05, 4.69) is 10.6 Å². The Balaban J connectivity index is 1.28. The summed E-state index contributed by atoms with van der Waals surface area (Å²) in [5.41, 5.74) is 4.25. The number of ketones is 2. The van der Waals surface area contributed by atoms with E-state index >= 15 is 0 Å². The first kappa shape index (κ1) is 27.9. The largest absolute Gasteiger partial charge is 0.324 e. The van der Waals surface area contributed by atoms with Crippen LogP contribution in [0.2, 0.25) is 0 Å². The highest BCUT2D eigenvalue weighted by atomic mass is 32.2. The zero-order valence-corrected chi connectivity index (χ0v) is 24.0. The summed E-state index contributed by atoms with van der Waals surface area (Å²) in [6.45, 7) is 1.89. The molecule has 210 valence electrons. The van der Waals surface area contributed by atoms with E-state index in [1.807, 2.05) is 73.7 Å². The molecule has 2 amide bonds. The zero-order chi connectivity index (χ0) is 29.9. The van der Waals surface area contributed by atoms with Gasteiger partial charge in [0.1, 0.15) is 5.25 Å². The standard InChI is InChI=1S/C36H26N2O4S/c1-22-11-5-6-16-26(22)35(41)37-24-14-9-15-25(21-24)43-34(23-12-3-2-4-13-23)36(42)38-30-20-10-19-29-31(30)33(40)28-18-8-7-17-27(28)32(29)39/h2-21,34H,1H3,(H,37,41)(H,38,42). The Morgan fingerprint density at radius 1 is 0.651 bits per heavy atom. The van der Waals surface area contributed by atoms with Crippen LogP contribution in [0.5, 0.6) is 0 Å². The summed E-state index contributed by atoms with van der Waals surface area (Å²) in [6, 6.07) is 35.7. The molecule has 0 aliphatic heterocycles. The molecule has 0 aromatic heterocycles. The molecule has 0 spiro atoms. The Kier molecular flexibility index (Phi) is 7.73. The molecule has 1 aliphatic rings. The predicted octanol–water partition coefficient (Wildman–Crippen LogP) is 7.49. The molecule has 43 heavy (non-hydrogen) atoms. The first-order chi connectivity index (χ1) is 20.9. The molecule has 1 unspecified atom stereocenters. The summed E-state index contributed by atoms with van der Waals surface area (Å²) >= 11 is 1.32. The highest BCUT2D eigenvalue weighted by molar-refractivity contribution is 8.00. The van der Waals surface area contributed by atoms with E-state index in [4.69, 9.17) is 0 Å². The second kappa shape index (κ2) is 11.9. The van der Waals surface area contributed by atoms with Gasteiger partial charge >= 0.3 is 0 Å². The third-order valence-electron chi connectivity index (χ3n) is 7.29. The number of carbonyl (C=O) groups is 4. The Bertz CT molecular complexity index is 1900. The molecular weight excluding hydrogens is 556 g/mol. The highest BCUT2D eigenvalue weighted by Gasteiger charge is 2.32. The predicted molar refractivity (Wildman–Crippen MR) is 169 cm³/mol. The first-order valence-electron chi connectivity index (χ1n) is 13.7. The van der Waals surface area contributed by atoms with Gasteiger partial charge in [0.15, 0.2) is 11.6 Å². The van der Waals surface area contributed by atoms with Gasteiger partial charge in [0.25, 0.3) is 5.91 Å². The average Bonchev–Trinajstić information content (AvgIpc) is 3.03. The molecule has 1 aliphatic carbocycles. The van der Waals surface area contributed by atoms with E-state index in [0.717, 1.165) is 16.0 Å². The van der Waals surface area contributed by atoms with E-state index < -0.39 is 5.25 Å². The molecule has 5 aromatic rings. The molecule has 0 bridgehead atoms. The highest BCUT2D eigenvalue weighted by Crippen LogP contribution is 2.38. The summed E-state index contributed by atoms with van der Waals surface area (Å²) < 4.78 is 0. The molecule has 1 atom stereocenters. The number of hydrogen-bond acceptors (Lipinski definition) is 5. The van der Waals surface area contributed by atoms with E-state index in [1.54, 1.807) is 54.6 Å². The molecule has 0 saturated carbocycles. The maximum atomic E-state index is 13.9. The van der Waals surface area contributed by atoms with Crippen LogP contribution in [0, 0.1) is 6.92 Å². The normalized spacial score (nSPS) is 12.6. The summed E-state index contributed by atoms with van der Waals surface area (Å²) in [7, 11) is 0. The van der Waals surface area contributed by atoms with Crippen molar-refractivity contribution in [2.24, 2.45) is 0 Å². The maximum Gasteiger partial charge on any atom is 0.255 e. The van der Waals surface area contributed by atoms with Gasteiger partial charge in [-0.25, -0.2) is 0 Å². The molecule has 7 heteroatoms. The van der Waals surface area contributed by atoms with Crippen LogP contribution in [-0.4, -0.2) is 23.4 Å². The smallest absolute Gasteiger partial charge is 0.255 e. The number of carbonyl (C=O) groups excluding carboxylic acids is 4. The van der Waals surface area contributed by atoms with Crippen molar-refractivity contribution >= 4 is 46.5 Å². The van der Waals surface area contributed by atoms with Gasteiger partial charge in [0, 0.05) is 32.8 Å². The molecule has 0 radical (unpaired) electrons. The van der Waals surface area contributed by atoms with Gasteiger partial charge in [-0.05, 0) is 48.4 Å². The third-order valence-corrected chi connectivity index (χ3v) is 8.53. The number of rotatable bonds is 7. The number of aryl methyl sites for hydroxylation is 1. The van der Waals surface area contributed by atoms with Crippen molar-refractivity contribution in [3.8, 4) is 0 Å². The van der Waals surface area contributed by atoms with Crippen LogP contribution in [0.4, 0.5) is 11.4 Å². The fourth-order valence-corrected chi connectivity index (χ4v) is 6.24. The fraction of sp³-hybridized carbons (Fsp3) is 0.0556. The van der Waals surface area contributed by atoms with Gasteiger partial charge in [0.2, 0.25) is 5.91 Å². The lowest BCUT2D eigenvalue weighted by atomic mass is 9.83. The molecular formula is C36H26N2O4S. The monoisotopic (exact) mass is 582 g/mol. The molecule has 2 N–H and O–H groups in total. The number of nitrogens with one attached hydrogen (secondary N) is 2. The van der Waals surface area contributed by atoms with Crippen molar-refractivity contribution in [1.82, 2.24) is 0 Å². The summed E-state index contributed by atoms with van der Waals surface area (Å²) in [5, 5.41) is 5.20. The summed E-state index contributed by atoms with van der Waals surface area (Å²) in [4.78, 5) is 54.3. The average molecular weight is 583 g/mol. The number of benzene rings is 5. The molecule has 5 aromatic carbocycles. The van der Waals surface area contributed by atoms with Gasteiger partial charge in [-0.1, -0.05) is 91.0 Å². The minimum Gasteiger partial charge on any atom is -0.324 e. The lowest BCUT2D eigenvalue weighted by Crippen LogP contribution is -2.25. The second-order valence-corrected chi connectivity index (χ2v) is 11.3. The van der Waals surface area contributed by atoms with Crippen LogP contribution in [-0.2, 0) is 4.79 Å². The number of amides is 2. The maximum absolute atomic E-state index is 13.9. The Morgan fingerprint density at radius 2 is 1.30 bits per heavy atom. The van der Waals surface area contributed by atoms with Crippen molar-refractivity contribution in [2.45, 2.75) is 17.1 Å². The van der Waals surface area contributed by atoms with Crippen LogP contribution < -0.4 is 10.6 Å². The fourth-order valence-electron chi connectivity index (χ4n) is 5.16. The quantitative estimate of drug-likeness (QED) is 0.190. The van der Waals surface area contributed by atoms with Crippen LogP contribution in [0.3, 0.4) is 0 Å². The number of fused-ring (bicyclic) bond motifs is 2. The molecule has 6 rings (SSSR count). The Morgan fingerprint density at radius 3 is 2.07 bits per heavy atom. The van der Waals surface area contributed by atoms with E-state index in [9.17, 15) is 19.2 Å². The molecule has 6 nitrogen and oxygen atoms in total.